The van der Waals surface area contributed by atoms with Gasteiger partial charge in [-0.3, -0.25) is 9.59 Å². The van der Waals surface area contributed by atoms with E-state index in [0.29, 0.717) is 30.2 Å². The van der Waals surface area contributed by atoms with Gasteiger partial charge in [0, 0.05) is 50.1 Å². The Hall–Kier alpha value is -2.70. The summed E-state index contributed by atoms with van der Waals surface area (Å²) in [5.74, 6) is 1.52. The number of carbonyl (C=O) groups is 2. The van der Waals surface area contributed by atoms with Crippen LogP contribution in [0.15, 0.2) is 28.8 Å². The largest absolute Gasteiger partial charge is 0.345 e. The fourth-order valence-electron chi connectivity index (χ4n) is 3.35. The van der Waals surface area contributed by atoms with Crippen molar-refractivity contribution >= 4 is 11.8 Å². The molecule has 0 atom stereocenters. The van der Waals surface area contributed by atoms with Crippen molar-refractivity contribution in [1.29, 1.82) is 0 Å². The minimum atomic E-state index is 0.0774. The summed E-state index contributed by atoms with van der Waals surface area (Å²) in [5.41, 5.74) is 1.47. The molecule has 2 fully saturated rings. The third kappa shape index (κ3) is 4.02. The molecule has 1 aliphatic heterocycles. The second kappa shape index (κ2) is 7.50. The Kier molecular flexibility index (Phi) is 4.92. The van der Waals surface area contributed by atoms with E-state index in [0.717, 1.165) is 44.3 Å². The highest BCUT2D eigenvalue weighted by atomic mass is 16.5. The monoisotopic (exact) mass is 368 g/mol. The molecule has 0 N–H and O–H groups in total. The lowest BCUT2D eigenvalue weighted by Gasteiger charge is -2.15. The molecule has 0 spiro atoms. The van der Waals surface area contributed by atoms with Crippen LogP contribution in [0.5, 0.6) is 0 Å². The summed E-state index contributed by atoms with van der Waals surface area (Å²) in [4.78, 5) is 32.4. The molecule has 1 aromatic heterocycles. The lowest BCUT2D eigenvalue weighted by Crippen LogP contribution is -2.30. The van der Waals surface area contributed by atoms with E-state index in [1.54, 1.807) is 4.90 Å². The van der Waals surface area contributed by atoms with E-state index in [4.69, 9.17) is 4.52 Å². The number of hydrogen-bond donors (Lipinski definition) is 0. The van der Waals surface area contributed by atoms with Gasteiger partial charge in [-0.05, 0) is 49.9 Å². The maximum Gasteiger partial charge on any atom is 0.257 e. The third-order valence-corrected chi connectivity index (χ3v) is 5.21. The van der Waals surface area contributed by atoms with Gasteiger partial charge in [0.1, 0.15) is 0 Å². The van der Waals surface area contributed by atoms with E-state index in [1.165, 1.54) is 0 Å². The maximum absolute atomic E-state index is 12.4. The van der Waals surface area contributed by atoms with Crippen molar-refractivity contribution < 1.29 is 14.1 Å². The molecule has 1 aromatic carbocycles. The van der Waals surface area contributed by atoms with Crippen LogP contribution in [0.1, 0.15) is 41.9 Å². The molecule has 1 saturated heterocycles. The Bertz CT molecular complexity index is 820. The number of likely N-dealkylation sites (N-methyl/N-ethyl adjacent to an activating group) is 1. The zero-order valence-electron chi connectivity index (χ0n) is 15.6. The highest BCUT2D eigenvalue weighted by molar-refractivity contribution is 5.94. The number of benzene rings is 1. The Labute approximate surface area is 158 Å². The molecule has 1 saturated carbocycles. The summed E-state index contributed by atoms with van der Waals surface area (Å²) in [7, 11) is 1.82. The zero-order valence-corrected chi connectivity index (χ0v) is 15.6. The fourth-order valence-corrected chi connectivity index (χ4v) is 3.35. The van der Waals surface area contributed by atoms with Crippen LogP contribution < -0.4 is 0 Å². The second-order valence-electron chi connectivity index (χ2n) is 7.38. The van der Waals surface area contributed by atoms with Crippen LogP contribution in [0.2, 0.25) is 0 Å². The molecule has 2 aliphatic rings. The Morgan fingerprint density at radius 1 is 1.19 bits per heavy atom. The summed E-state index contributed by atoms with van der Waals surface area (Å²) in [6.45, 7) is 2.26. The van der Waals surface area contributed by atoms with Crippen LogP contribution in [0.25, 0.3) is 11.5 Å². The number of hydrogen-bond acceptors (Lipinski definition) is 5. The van der Waals surface area contributed by atoms with Gasteiger partial charge in [-0.15, -0.1) is 0 Å². The quantitative estimate of drug-likeness (QED) is 0.782. The van der Waals surface area contributed by atoms with E-state index >= 15 is 0 Å². The van der Waals surface area contributed by atoms with Crippen LogP contribution in [0, 0.1) is 5.92 Å². The summed E-state index contributed by atoms with van der Waals surface area (Å²) >= 11 is 0. The van der Waals surface area contributed by atoms with Crippen LogP contribution in [-0.2, 0) is 11.2 Å². The molecule has 1 aliphatic carbocycles. The molecule has 0 radical (unpaired) electrons. The summed E-state index contributed by atoms with van der Waals surface area (Å²) in [5, 5.41) is 4.01. The second-order valence-corrected chi connectivity index (χ2v) is 7.38. The van der Waals surface area contributed by atoms with Crippen molar-refractivity contribution in [2.24, 2.45) is 5.92 Å². The predicted octanol–water partition coefficient (Wildman–Crippen LogP) is 2.38. The maximum atomic E-state index is 12.4. The molecule has 0 bridgehead atoms. The molecule has 2 aromatic rings. The van der Waals surface area contributed by atoms with Crippen molar-refractivity contribution in [2.45, 2.75) is 32.1 Å². The first-order chi connectivity index (χ1) is 13.1. The van der Waals surface area contributed by atoms with Gasteiger partial charge in [0.15, 0.2) is 5.82 Å². The SMILES string of the molecule is CN(CCc1noc(-c2ccc(C(=O)N3CCCC3)cc2)n1)C(=O)C1CC1. The van der Waals surface area contributed by atoms with Crippen LogP contribution >= 0.6 is 0 Å². The summed E-state index contributed by atoms with van der Waals surface area (Å²) in [6, 6.07) is 7.29. The molecule has 27 heavy (non-hydrogen) atoms. The molecule has 7 heteroatoms. The first-order valence-electron chi connectivity index (χ1n) is 9.59. The Balaban J connectivity index is 1.36. The predicted molar refractivity (Wildman–Crippen MR) is 98.9 cm³/mol. The first kappa shape index (κ1) is 17.7. The number of likely N-dealkylation sites (tertiary alicyclic amines) is 1. The van der Waals surface area contributed by atoms with E-state index < -0.39 is 0 Å². The molecule has 0 unspecified atom stereocenters. The minimum absolute atomic E-state index is 0.0774. The molecule has 2 amide bonds. The minimum Gasteiger partial charge on any atom is -0.345 e. The van der Waals surface area contributed by atoms with E-state index in [-0.39, 0.29) is 17.7 Å². The zero-order chi connectivity index (χ0) is 18.8. The first-order valence-corrected chi connectivity index (χ1v) is 9.59. The standard InChI is InChI=1S/C20H24N4O3/c1-23(19(25)15-8-9-15)13-10-17-21-18(27-22-17)14-4-6-16(7-5-14)20(26)24-11-2-3-12-24/h4-7,15H,2-3,8-13H2,1H3. The van der Waals surface area contributed by atoms with Gasteiger partial charge in [0.25, 0.3) is 11.8 Å². The Morgan fingerprint density at radius 2 is 1.89 bits per heavy atom. The van der Waals surface area contributed by atoms with E-state index in [2.05, 4.69) is 10.1 Å². The highest BCUT2D eigenvalue weighted by Crippen LogP contribution is 2.30. The lowest BCUT2D eigenvalue weighted by atomic mass is 10.1. The van der Waals surface area contributed by atoms with Gasteiger partial charge in [-0.25, -0.2) is 0 Å². The van der Waals surface area contributed by atoms with Gasteiger partial charge >= 0.3 is 0 Å². The van der Waals surface area contributed by atoms with Crippen molar-refractivity contribution in [2.75, 3.05) is 26.7 Å². The normalized spacial score (nSPS) is 16.6. The van der Waals surface area contributed by atoms with Crippen LogP contribution in [0.3, 0.4) is 0 Å². The van der Waals surface area contributed by atoms with Gasteiger partial charge in [-0.2, -0.15) is 4.98 Å². The number of nitrogens with zero attached hydrogens (tertiary/aromatic N) is 4. The molecule has 4 rings (SSSR count). The van der Waals surface area contributed by atoms with Gasteiger partial charge in [0.2, 0.25) is 5.91 Å². The van der Waals surface area contributed by atoms with Gasteiger partial charge in [0.05, 0.1) is 0 Å². The number of carbonyl (C=O) groups excluding carboxylic acids is 2. The Morgan fingerprint density at radius 3 is 2.56 bits per heavy atom. The van der Waals surface area contributed by atoms with Crippen molar-refractivity contribution in [3.63, 3.8) is 0 Å². The van der Waals surface area contributed by atoms with E-state index in [1.807, 2.05) is 36.2 Å². The lowest BCUT2D eigenvalue weighted by molar-refractivity contribution is -0.131. The van der Waals surface area contributed by atoms with Crippen molar-refractivity contribution in [3.05, 3.63) is 35.7 Å². The number of aromatic nitrogens is 2. The van der Waals surface area contributed by atoms with E-state index in [9.17, 15) is 9.59 Å². The molecule has 7 nitrogen and oxygen atoms in total. The molecular formula is C20H24N4O3. The van der Waals surface area contributed by atoms with Gasteiger partial charge < -0.3 is 14.3 Å². The van der Waals surface area contributed by atoms with Crippen LogP contribution in [0.4, 0.5) is 0 Å². The molecule has 142 valence electrons. The van der Waals surface area contributed by atoms with Crippen molar-refractivity contribution in [3.8, 4) is 11.5 Å². The fraction of sp³-hybridized carbons (Fsp3) is 0.500. The molecule has 2 heterocycles. The number of amides is 2. The van der Waals surface area contributed by atoms with Crippen molar-refractivity contribution in [1.82, 2.24) is 19.9 Å². The smallest absolute Gasteiger partial charge is 0.257 e. The van der Waals surface area contributed by atoms with Crippen LogP contribution in [-0.4, -0.2) is 58.4 Å². The topological polar surface area (TPSA) is 79.5 Å². The summed E-state index contributed by atoms with van der Waals surface area (Å²) in [6.07, 6.45) is 4.73. The third-order valence-electron chi connectivity index (χ3n) is 5.21. The summed E-state index contributed by atoms with van der Waals surface area (Å²) < 4.78 is 5.34. The molecular weight excluding hydrogens is 344 g/mol. The number of rotatable bonds is 6. The average Bonchev–Trinajstić information content (AvgIpc) is 3.20. The average molecular weight is 368 g/mol. The highest BCUT2D eigenvalue weighted by Gasteiger charge is 2.31. The van der Waals surface area contributed by atoms with Gasteiger partial charge in [-0.1, -0.05) is 5.16 Å².